The van der Waals surface area contributed by atoms with E-state index >= 15 is 0 Å². The second kappa shape index (κ2) is 6.14. The van der Waals surface area contributed by atoms with Gasteiger partial charge in [-0.15, -0.1) is 0 Å². The molecule has 1 saturated carbocycles. The number of para-hydroxylation sites is 1. The van der Waals surface area contributed by atoms with Gasteiger partial charge in [0, 0.05) is 5.69 Å². The van der Waals surface area contributed by atoms with Gasteiger partial charge in [0.25, 0.3) is 0 Å². The van der Waals surface area contributed by atoms with Crippen LogP contribution in [-0.2, 0) is 14.4 Å². The number of anilines is 1. The lowest BCUT2D eigenvalue weighted by atomic mass is 9.63. The molecule has 2 fully saturated rings. The fourth-order valence-corrected chi connectivity index (χ4v) is 4.64. The van der Waals surface area contributed by atoms with E-state index < -0.39 is 6.04 Å². The van der Waals surface area contributed by atoms with Gasteiger partial charge in [-0.1, -0.05) is 37.3 Å². The van der Waals surface area contributed by atoms with Crippen molar-refractivity contribution in [2.45, 2.75) is 32.2 Å². The Balaban J connectivity index is 1.58. The van der Waals surface area contributed by atoms with Crippen LogP contribution in [0.5, 0.6) is 0 Å². The number of allylic oxidation sites excluding steroid dienone is 2. The maximum Gasteiger partial charge on any atom is 0.247 e. The van der Waals surface area contributed by atoms with E-state index in [1.807, 2.05) is 25.1 Å². The van der Waals surface area contributed by atoms with Crippen molar-refractivity contribution >= 4 is 23.4 Å². The van der Waals surface area contributed by atoms with E-state index in [-0.39, 0.29) is 41.4 Å². The number of hydrogen-bond acceptors (Lipinski definition) is 3. The first kappa shape index (κ1) is 16.1. The van der Waals surface area contributed by atoms with Crippen LogP contribution in [0.25, 0.3) is 0 Å². The second-order valence-electron chi connectivity index (χ2n) is 7.17. The summed E-state index contributed by atoms with van der Waals surface area (Å²) in [7, 11) is 0. The van der Waals surface area contributed by atoms with Crippen molar-refractivity contribution in [2.24, 2.45) is 23.7 Å². The molecule has 1 N–H and O–H groups in total. The van der Waals surface area contributed by atoms with E-state index in [0.717, 1.165) is 12.8 Å². The number of hydrogen-bond donors (Lipinski definition) is 1. The molecule has 4 aliphatic rings. The number of imide groups is 1. The van der Waals surface area contributed by atoms with Gasteiger partial charge in [0.15, 0.2) is 0 Å². The fraction of sp³-hybridized carbons (Fsp3) is 0.450. The largest absolute Gasteiger partial charge is 0.324 e. The predicted molar refractivity (Wildman–Crippen MR) is 93.3 cm³/mol. The Morgan fingerprint density at radius 2 is 1.64 bits per heavy atom. The Labute approximate surface area is 147 Å². The van der Waals surface area contributed by atoms with Crippen LogP contribution in [-0.4, -0.2) is 28.7 Å². The number of nitrogens with zero attached hydrogens (tertiary/aromatic N) is 1. The molecule has 3 amide bonds. The predicted octanol–water partition coefficient (Wildman–Crippen LogP) is 2.60. The van der Waals surface area contributed by atoms with Gasteiger partial charge in [0.05, 0.1) is 11.8 Å². The molecule has 25 heavy (non-hydrogen) atoms. The molecular weight excluding hydrogens is 316 g/mol. The summed E-state index contributed by atoms with van der Waals surface area (Å²) in [5, 5.41) is 2.83. The topological polar surface area (TPSA) is 66.5 Å². The van der Waals surface area contributed by atoms with Crippen molar-refractivity contribution in [1.82, 2.24) is 4.90 Å². The van der Waals surface area contributed by atoms with Gasteiger partial charge in [-0.2, -0.15) is 0 Å². The molecule has 0 radical (unpaired) electrons. The Morgan fingerprint density at radius 1 is 1.08 bits per heavy atom. The standard InChI is InChI=1S/C20H22N2O3/c1-2-15(18(23)21-14-6-4-3-5-7-14)22-19(24)16-12-8-9-13(11-10-12)17(16)20(22)25/h3-9,12-13,15-17H,2,10-11H2,1H3,(H,21,23). The average Bonchev–Trinajstić information content (AvgIpc) is 2.92. The van der Waals surface area contributed by atoms with Crippen LogP contribution < -0.4 is 5.32 Å². The van der Waals surface area contributed by atoms with Crippen LogP contribution in [0.4, 0.5) is 5.69 Å². The quantitative estimate of drug-likeness (QED) is 0.678. The van der Waals surface area contributed by atoms with Crippen LogP contribution in [0.2, 0.25) is 0 Å². The number of likely N-dealkylation sites (tertiary alicyclic amines) is 1. The molecule has 5 rings (SSSR count). The number of carbonyl (C=O) groups excluding carboxylic acids is 3. The third-order valence-electron chi connectivity index (χ3n) is 5.84. The van der Waals surface area contributed by atoms with E-state index in [9.17, 15) is 14.4 Å². The Bertz CT molecular complexity index is 711. The third kappa shape index (κ3) is 2.49. The van der Waals surface area contributed by atoms with Crippen molar-refractivity contribution < 1.29 is 14.4 Å². The highest BCUT2D eigenvalue weighted by molar-refractivity contribution is 6.10. The van der Waals surface area contributed by atoms with E-state index in [2.05, 4.69) is 17.5 Å². The summed E-state index contributed by atoms with van der Waals surface area (Å²) in [4.78, 5) is 40.0. The van der Waals surface area contributed by atoms with Crippen molar-refractivity contribution in [3.05, 3.63) is 42.5 Å². The summed E-state index contributed by atoms with van der Waals surface area (Å²) in [5.41, 5.74) is 0.671. The Hall–Kier alpha value is -2.43. The highest BCUT2D eigenvalue weighted by Gasteiger charge is 2.58. The van der Waals surface area contributed by atoms with Gasteiger partial charge in [-0.3, -0.25) is 19.3 Å². The minimum atomic E-state index is -0.745. The van der Waals surface area contributed by atoms with Gasteiger partial charge in [0.2, 0.25) is 17.7 Å². The second-order valence-corrected chi connectivity index (χ2v) is 7.17. The zero-order valence-corrected chi connectivity index (χ0v) is 14.2. The summed E-state index contributed by atoms with van der Waals surface area (Å²) in [5.74, 6) is -0.871. The van der Waals surface area contributed by atoms with E-state index in [1.54, 1.807) is 12.1 Å². The zero-order chi connectivity index (χ0) is 17.6. The summed E-state index contributed by atoms with van der Waals surface area (Å²) in [6.45, 7) is 1.84. The highest BCUT2D eigenvalue weighted by Crippen LogP contribution is 2.50. The van der Waals surface area contributed by atoms with Crippen LogP contribution in [0.15, 0.2) is 42.5 Å². The lowest BCUT2D eigenvalue weighted by molar-refractivity contribution is -0.146. The van der Waals surface area contributed by atoms with Crippen LogP contribution in [0.3, 0.4) is 0 Å². The van der Waals surface area contributed by atoms with E-state index in [0.29, 0.717) is 12.1 Å². The highest BCUT2D eigenvalue weighted by atomic mass is 16.2. The summed E-state index contributed by atoms with van der Waals surface area (Å²) in [6, 6.07) is 8.38. The van der Waals surface area contributed by atoms with Crippen molar-refractivity contribution in [1.29, 1.82) is 0 Å². The van der Waals surface area contributed by atoms with E-state index in [4.69, 9.17) is 0 Å². The minimum Gasteiger partial charge on any atom is -0.324 e. The van der Waals surface area contributed by atoms with Crippen molar-refractivity contribution in [2.75, 3.05) is 5.32 Å². The molecule has 5 nitrogen and oxygen atoms in total. The van der Waals surface area contributed by atoms with Gasteiger partial charge in [0.1, 0.15) is 6.04 Å². The van der Waals surface area contributed by atoms with Crippen LogP contribution in [0.1, 0.15) is 26.2 Å². The number of amides is 3. The Kier molecular flexibility index (Phi) is 3.94. The number of benzene rings is 1. The first-order valence-electron chi connectivity index (χ1n) is 9.03. The maximum atomic E-state index is 13.0. The van der Waals surface area contributed by atoms with Gasteiger partial charge < -0.3 is 5.32 Å². The number of carbonyl (C=O) groups is 3. The van der Waals surface area contributed by atoms with Crippen molar-refractivity contribution in [3.63, 3.8) is 0 Å². The smallest absolute Gasteiger partial charge is 0.247 e. The molecule has 3 aliphatic carbocycles. The molecule has 5 unspecified atom stereocenters. The van der Waals surface area contributed by atoms with Gasteiger partial charge >= 0.3 is 0 Å². The zero-order valence-electron chi connectivity index (χ0n) is 14.2. The van der Waals surface area contributed by atoms with Gasteiger partial charge in [-0.05, 0) is 43.2 Å². The average molecular weight is 338 g/mol. The Morgan fingerprint density at radius 3 is 2.12 bits per heavy atom. The minimum absolute atomic E-state index is 0.145. The fourth-order valence-electron chi connectivity index (χ4n) is 4.64. The molecule has 5 atom stereocenters. The van der Waals surface area contributed by atoms with Crippen molar-refractivity contribution in [3.8, 4) is 0 Å². The number of rotatable bonds is 4. The SMILES string of the molecule is CCC(C(=O)Nc1ccccc1)N1C(=O)C2C3C=CC(CC3)C2C1=O. The van der Waals surface area contributed by atoms with Gasteiger partial charge in [-0.25, -0.2) is 0 Å². The molecule has 0 aromatic heterocycles. The normalized spacial score (nSPS) is 31.2. The molecule has 2 bridgehead atoms. The first-order chi connectivity index (χ1) is 12.1. The maximum absolute atomic E-state index is 13.0. The molecule has 5 heteroatoms. The molecule has 1 aliphatic heterocycles. The molecule has 1 saturated heterocycles. The molecular formula is C20H22N2O3. The van der Waals surface area contributed by atoms with E-state index in [1.165, 1.54) is 4.90 Å². The number of nitrogens with one attached hydrogen (secondary N) is 1. The first-order valence-corrected chi connectivity index (χ1v) is 9.03. The molecule has 1 aromatic rings. The number of fused-ring (bicyclic) bond motifs is 1. The third-order valence-corrected chi connectivity index (χ3v) is 5.84. The molecule has 1 heterocycles. The lowest BCUT2D eigenvalue weighted by Crippen LogP contribution is -2.47. The summed E-state index contributed by atoms with van der Waals surface area (Å²) < 4.78 is 0. The lowest BCUT2D eigenvalue weighted by Gasteiger charge is -2.38. The monoisotopic (exact) mass is 338 g/mol. The molecule has 130 valence electrons. The summed E-state index contributed by atoms with van der Waals surface area (Å²) >= 11 is 0. The summed E-state index contributed by atoms with van der Waals surface area (Å²) in [6.07, 6.45) is 6.52. The molecule has 1 aromatic carbocycles. The van der Waals surface area contributed by atoms with Crippen LogP contribution >= 0.6 is 0 Å². The molecule has 0 spiro atoms. The van der Waals surface area contributed by atoms with Crippen LogP contribution in [0, 0.1) is 23.7 Å².